The lowest BCUT2D eigenvalue weighted by atomic mass is 10.2. The number of hydrogen-bond donors (Lipinski definition) is 2. The van der Waals surface area contributed by atoms with Crippen LogP contribution in [0.25, 0.3) is 0 Å². The molecular weight excluding hydrogens is 330 g/mol. The molecule has 2 rings (SSSR count). The monoisotopic (exact) mass is 341 g/mol. The number of nitrogens with zero attached hydrogens (tertiary/aromatic N) is 1. The maximum atomic E-state index is 12.2. The quantitative estimate of drug-likeness (QED) is 0.811. The molecule has 1 aromatic heterocycles. The van der Waals surface area contributed by atoms with E-state index in [1.165, 1.54) is 18.2 Å². The topological polar surface area (TPSA) is 85.1 Å². The molecule has 0 fully saturated rings. The summed E-state index contributed by atoms with van der Waals surface area (Å²) in [4.78, 5) is 4.01. The molecule has 0 atom stereocenters. The molecule has 1 heterocycles. The van der Waals surface area contributed by atoms with Crippen LogP contribution in [0.1, 0.15) is 11.1 Å². The number of pyridine rings is 1. The Labute approximate surface area is 133 Å². The molecule has 0 aliphatic rings. The molecule has 0 amide bonds. The first kappa shape index (κ1) is 15.8. The fourth-order valence-corrected chi connectivity index (χ4v) is 3.32. The summed E-state index contributed by atoms with van der Waals surface area (Å²) >= 11 is 10.8. The van der Waals surface area contributed by atoms with Crippen LogP contribution in [0.4, 0.5) is 0 Å². The van der Waals surface area contributed by atoms with Gasteiger partial charge in [-0.15, -0.1) is 0 Å². The summed E-state index contributed by atoms with van der Waals surface area (Å²) in [5.74, 6) is 0. The predicted octanol–water partition coefficient (Wildman–Crippen LogP) is 1.85. The summed E-state index contributed by atoms with van der Waals surface area (Å²) in [7, 11) is -3.72. The van der Waals surface area contributed by atoms with Gasteiger partial charge < -0.3 is 5.73 Å². The number of hydrogen-bond acceptors (Lipinski definition) is 4. The predicted molar refractivity (Wildman–Crippen MR) is 85.6 cm³/mol. The van der Waals surface area contributed by atoms with E-state index in [1.807, 2.05) is 0 Å². The van der Waals surface area contributed by atoms with Gasteiger partial charge in [0.05, 0.1) is 5.02 Å². The first-order valence-electron chi connectivity index (χ1n) is 5.88. The molecule has 21 heavy (non-hydrogen) atoms. The minimum absolute atomic E-state index is 0.0155. The summed E-state index contributed by atoms with van der Waals surface area (Å²) in [6.45, 7) is 0.151. The van der Waals surface area contributed by atoms with Crippen molar-refractivity contribution in [1.29, 1.82) is 0 Å². The third-order valence-corrected chi connectivity index (χ3v) is 4.84. The van der Waals surface area contributed by atoms with Crippen LogP contribution in [0.3, 0.4) is 0 Å². The summed E-state index contributed by atoms with van der Waals surface area (Å²) in [5, 5.41) is 0.0718. The van der Waals surface area contributed by atoms with Gasteiger partial charge in [-0.2, -0.15) is 0 Å². The highest BCUT2D eigenvalue weighted by atomic mass is 35.5. The Morgan fingerprint density at radius 1 is 1.29 bits per heavy atom. The maximum Gasteiger partial charge on any atom is 0.242 e. The van der Waals surface area contributed by atoms with E-state index in [0.29, 0.717) is 5.56 Å². The van der Waals surface area contributed by atoms with Crippen LogP contribution in [0.2, 0.25) is 5.02 Å². The van der Waals surface area contributed by atoms with Crippen LogP contribution >= 0.6 is 23.8 Å². The molecule has 8 heteroatoms. The lowest BCUT2D eigenvalue weighted by Gasteiger charge is -2.09. The molecule has 0 aliphatic carbocycles. The summed E-state index contributed by atoms with van der Waals surface area (Å²) in [6, 6.07) is 7.78. The highest BCUT2D eigenvalue weighted by molar-refractivity contribution is 7.89. The van der Waals surface area contributed by atoms with Crippen molar-refractivity contribution in [2.75, 3.05) is 0 Å². The van der Waals surface area contributed by atoms with Gasteiger partial charge >= 0.3 is 0 Å². The molecule has 0 saturated carbocycles. The van der Waals surface area contributed by atoms with Gasteiger partial charge in [-0.3, -0.25) is 4.98 Å². The van der Waals surface area contributed by atoms with E-state index >= 15 is 0 Å². The van der Waals surface area contributed by atoms with E-state index in [0.717, 1.165) is 5.56 Å². The molecule has 0 aliphatic heterocycles. The van der Waals surface area contributed by atoms with E-state index in [4.69, 9.17) is 29.6 Å². The Morgan fingerprint density at radius 2 is 1.95 bits per heavy atom. The smallest absolute Gasteiger partial charge is 0.242 e. The third kappa shape index (κ3) is 3.98. The first-order valence-corrected chi connectivity index (χ1v) is 8.15. The van der Waals surface area contributed by atoms with Gasteiger partial charge in [-0.1, -0.05) is 29.9 Å². The molecule has 2 aromatic rings. The molecule has 0 saturated heterocycles. The van der Waals surface area contributed by atoms with Crippen molar-refractivity contribution in [3.63, 3.8) is 0 Å². The number of nitrogens with one attached hydrogen (secondary N) is 1. The van der Waals surface area contributed by atoms with Crippen molar-refractivity contribution < 1.29 is 8.42 Å². The van der Waals surface area contributed by atoms with Gasteiger partial charge in [-0.05, 0) is 29.8 Å². The Kier molecular flexibility index (Phi) is 4.89. The molecule has 0 radical (unpaired) electrons. The average Bonchev–Trinajstić information content (AvgIpc) is 2.46. The maximum absolute atomic E-state index is 12.2. The van der Waals surface area contributed by atoms with Crippen LogP contribution in [-0.4, -0.2) is 18.4 Å². The average molecular weight is 342 g/mol. The Bertz CT molecular complexity index is 764. The van der Waals surface area contributed by atoms with E-state index in [1.54, 1.807) is 24.5 Å². The third-order valence-electron chi connectivity index (χ3n) is 2.72. The molecular formula is C13H12ClN3O2S2. The molecule has 0 spiro atoms. The summed E-state index contributed by atoms with van der Waals surface area (Å²) < 4.78 is 26.9. The SMILES string of the molecule is NC(=S)c1ccc(S(=O)(=O)NCc2ccncc2)c(Cl)c1. The van der Waals surface area contributed by atoms with Crippen molar-refractivity contribution in [3.8, 4) is 0 Å². The molecule has 0 bridgehead atoms. The zero-order valence-electron chi connectivity index (χ0n) is 10.8. The molecule has 0 unspecified atom stereocenters. The van der Waals surface area contributed by atoms with Crippen molar-refractivity contribution in [1.82, 2.24) is 9.71 Å². The Morgan fingerprint density at radius 3 is 2.52 bits per heavy atom. The summed E-state index contributed by atoms with van der Waals surface area (Å²) in [5.41, 5.74) is 6.79. The van der Waals surface area contributed by atoms with E-state index in [9.17, 15) is 8.42 Å². The van der Waals surface area contributed by atoms with Gasteiger partial charge in [0.2, 0.25) is 10.0 Å². The van der Waals surface area contributed by atoms with Gasteiger partial charge in [-0.25, -0.2) is 13.1 Å². The molecule has 110 valence electrons. The van der Waals surface area contributed by atoms with Crippen molar-refractivity contribution >= 4 is 38.8 Å². The second kappa shape index (κ2) is 6.48. The number of aromatic nitrogens is 1. The van der Waals surface area contributed by atoms with Crippen molar-refractivity contribution in [2.45, 2.75) is 11.4 Å². The van der Waals surface area contributed by atoms with Gasteiger partial charge in [0.1, 0.15) is 9.88 Å². The Hall–Kier alpha value is -1.54. The molecule has 5 nitrogen and oxygen atoms in total. The number of nitrogens with two attached hydrogens (primary N) is 1. The van der Waals surface area contributed by atoms with Crippen LogP contribution in [0.5, 0.6) is 0 Å². The minimum Gasteiger partial charge on any atom is -0.389 e. The van der Waals surface area contributed by atoms with Crippen molar-refractivity contribution in [2.24, 2.45) is 5.73 Å². The van der Waals surface area contributed by atoms with Crippen LogP contribution in [0.15, 0.2) is 47.6 Å². The van der Waals surface area contributed by atoms with E-state index in [-0.39, 0.29) is 21.5 Å². The largest absolute Gasteiger partial charge is 0.389 e. The van der Waals surface area contributed by atoms with Gasteiger partial charge in [0.25, 0.3) is 0 Å². The lowest BCUT2D eigenvalue weighted by molar-refractivity contribution is 0.581. The normalized spacial score (nSPS) is 11.3. The minimum atomic E-state index is -3.72. The fraction of sp³-hybridized carbons (Fsp3) is 0.0769. The number of sulfonamides is 1. The number of benzene rings is 1. The number of halogens is 1. The van der Waals surface area contributed by atoms with Crippen molar-refractivity contribution in [3.05, 3.63) is 58.9 Å². The lowest BCUT2D eigenvalue weighted by Crippen LogP contribution is -2.23. The Balaban J connectivity index is 2.22. The second-order valence-corrected chi connectivity index (χ2v) is 6.77. The number of thiocarbonyl (C=S) groups is 1. The highest BCUT2D eigenvalue weighted by Crippen LogP contribution is 2.22. The first-order chi connectivity index (χ1) is 9.90. The zero-order valence-corrected chi connectivity index (χ0v) is 13.2. The van der Waals surface area contributed by atoms with E-state index < -0.39 is 10.0 Å². The van der Waals surface area contributed by atoms with E-state index in [2.05, 4.69) is 9.71 Å². The fourth-order valence-electron chi connectivity index (χ4n) is 1.63. The number of rotatable bonds is 5. The summed E-state index contributed by atoms with van der Waals surface area (Å²) in [6.07, 6.45) is 3.18. The standard InChI is InChI=1S/C13H12ClN3O2S2/c14-11-7-10(13(15)20)1-2-12(11)21(18,19)17-8-9-3-5-16-6-4-9/h1-7,17H,8H2,(H2,15,20). The van der Waals surface area contributed by atoms with Crippen LogP contribution < -0.4 is 10.5 Å². The van der Waals surface area contributed by atoms with Gasteiger partial charge in [0.15, 0.2) is 0 Å². The zero-order chi connectivity index (χ0) is 15.5. The van der Waals surface area contributed by atoms with Gasteiger partial charge in [0, 0.05) is 24.5 Å². The second-order valence-electron chi connectivity index (χ2n) is 4.19. The highest BCUT2D eigenvalue weighted by Gasteiger charge is 2.18. The van der Waals surface area contributed by atoms with Crippen LogP contribution in [0, 0.1) is 0 Å². The molecule has 3 N–H and O–H groups in total. The van der Waals surface area contributed by atoms with Crippen LogP contribution in [-0.2, 0) is 16.6 Å². The molecule has 1 aromatic carbocycles.